The van der Waals surface area contributed by atoms with Crippen LogP contribution in [0, 0.1) is 0 Å². The standard InChI is InChI=1S/C42H37N3OSi/c1-47(2)36-19-11-8-16-32(36)38-39(26-12-4-3-5-13-26)43-41(44-42(38)47)27-20-22-28(23-21-27)45-33-17-9-6-15-31(33)37-34(45)25-24-30-29-14-7-10-18-35(29)46-40(30)37/h3-6,8,10-13,15-16,18-25,29,31,33,35H,7,9,14,17H2,1-2H3. The van der Waals surface area contributed by atoms with Crippen LogP contribution < -0.4 is 20.1 Å². The van der Waals surface area contributed by atoms with E-state index in [9.17, 15) is 0 Å². The smallest absolute Gasteiger partial charge is 0.159 e. The van der Waals surface area contributed by atoms with E-state index in [0.717, 1.165) is 47.7 Å². The summed E-state index contributed by atoms with van der Waals surface area (Å²) in [6.07, 6.45) is 14.1. The molecule has 4 atom stereocenters. The van der Waals surface area contributed by atoms with Crippen molar-refractivity contribution in [2.75, 3.05) is 4.90 Å². The van der Waals surface area contributed by atoms with Crippen molar-refractivity contribution in [1.82, 2.24) is 9.97 Å². The Bertz CT molecular complexity index is 2130. The molecule has 230 valence electrons. The summed E-state index contributed by atoms with van der Waals surface area (Å²) in [5.41, 5.74) is 11.1. The first-order valence-corrected chi connectivity index (χ1v) is 20.2. The van der Waals surface area contributed by atoms with E-state index >= 15 is 0 Å². The van der Waals surface area contributed by atoms with Gasteiger partial charge in [0, 0.05) is 62.4 Å². The van der Waals surface area contributed by atoms with Crippen LogP contribution in [0.1, 0.15) is 48.6 Å². The van der Waals surface area contributed by atoms with Crippen LogP contribution in [0.25, 0.3) is 33.8 Å². The molecule has 4 aromatic carbocycles. The van der Waals surface area contributed by atoms with E-state index in [4.69, 9.17) is 14.7 Å². The van der Waals surface area contributed by atoms with Crippen molar-refractivity contribution >= 4 is 30.0 Å². The summed E-state index contributed by atoms with van der Waals surface area (Å²) in [7, 11) is -2.00. The fraction of sp³-hybridized carbons (Fsp3) is 0.238. The summed E-state index contributed by atoms with van der Waals surface area (Å²) in [5, 5.41) is 2.68. The van der Waals surface area contributed by atoms with Crippen molar-refractivity contribution in [3.63, 3.8) is 0 Å². The minimum Gasteiger partial charge on any atom is -0.485 e. The molecule has 4 unspecified atom stereocenters. The van der Waals surface area contributed by atoms with Gasteiger partial charge in [-0.2, -0.15) is 0 Å². The van der Waals surface area contributed by atoms with Gasteiger partial charge >= 0.3 is 0 Å². The summed E-state index contributed by atoms with van der Waals surface area (Å²) in [5.74, 6) is 2.79. The van der Waals surface area contributed by atoms with Crippen LogP contribution in [0.2, 0.25) is 13.1 Å². The third-order valence-corrected chi connectivity index (χ3v) is 14.7. The highest BCUT2D eigenvalue weighted by Gasteiger charge is 2.46. The zero-order valence-electron chi connectivity index (χ0n) is 26.9. The van der Waals surface area contributed by atoms with Gasteiger partial charge < -0.3 is 9.64 Å². The fourth-order valence-corrected chi connectivity index (χ4v) is 12.0. The molecule has 0 N–H and O–H groups in total. The van der Waals surface area contributed by atoms with Crippen molar-refractivity contribution in [3.8, 4) is 39.5 Å². The van der Waals surface area contributed by atoms with Gasteiger partial charge in [-0.3, -0.25) is 0 Å². The molecule has 0 saturated carbocycles. The maximum absolute atomic E-state index is 6.73. The largest absolute Gasteiger partial charge is 0.485 e. The summed E-state index contributed by atoms with van der Waals surface area (Å²) in [6, 6.07) is 33.7. The van der Waals surface area contributed by atoms with Crippen LogP contribution in [0.5, 0.6) is 5.75 Å². The molecule has 2 aliphatic carbocycles. The number of rotatable bonds is 3. The minimum absolute atomic E-state index is 0.179. The highest BCUT2D eigenvalue weighted by Crippen LogP contribution is 2.57. The third kappa shape index (κ3) is 3.93. The van der Waals surface area contributed by atoms with E-state index in [0.29, 0.717) is 17.9 Å². The van der Waals surface area contributed by atoms with Crippen molar-refractivity contribution in [2.24, 2.45) is 0 Å². The van der Waals surface area contributed by atoms with Crippen LogP contribution >= 0.6 is 0 Å². The Hall–Kier alpha value is -4.74. The van der Waals surface area contributed by atoms with Gasteiger partial charge in [-0.1, -0.05) is 92.0 Å². The molecule has 4 heterocycles. The third-order valence-electron chi connectivity index (χ3n) is 11.4. The van der Waals surface area contributed by atoms with Gasteiger partial charge in [-0.15, -0.1) is 0 Å². The lowest BCUT2D eigenvalue weighted by Crippen LogP contribution is -2.50. The first-order chi connectivity index (χ1) is 23.1. The molecule has 0 fully saturated rings. The van der Waals surface area contributed by atoms with Gasteiger partial charge in [-0.05, 0) is 72.8 Å². The number of hydrogen-bond acceptors (Lipinski definition) is 4. The Labute approximate surface area is 277 Å². The maximum Gasteiger partial charge on any atom is 0.159 e. The molecule has 0 radical (unpaired) electrons. The number of hydrogen-bond donors (Lipinski definition) is 0. The zero-order valence-corrected chi connectivity index (χ0v) is 27.9. The first kappa shape index (κ1) is 27.4. The highest BCUT2D eigenvalue weighted by atomic mass is 28.3. The van der Waals surface area contributed by atoms with Gasteiger partial charge in [0.2, 0.25) is 0 Å². The normalized spacial score (nSPS) is 23.7. The molecule has 0 spiro atoms. The second kappa shape index (κ2) is 10.1. The molecule has 5 aromatic rings. The molecule has 0 saturated heterocycles. The second-order valence-corrected chi connectivity index (χ2v) is 18.5. The lowest BCUT2D eigenvalue weighted by Gasteiger charge is -2.31. The van der Waals surface area contributed by atoms with Gasteiger partial charge in [0.25, 0.3) is 0 Å². The Balaban J connectivity index is 1.07. The zero-order chi connectivity index (χ0) is 31.3. The first-order valence-electron chi connectivity index (χ1n) is 17.2. The number of benzene rings is 4. The van der Waals surface area contributed by atoms with Crippen LogP contribution in [0.15, 0.2) is 115 Å². The van der Waals surface area contributed by atoms with E-state index in [1.54, 1.807) is 0 Å². The molecule has 0 amide bonds. The predicted octanol–water partition coefficient (Wildman–Crippen LogP) is 8.76. The van der Waals surface area contributed by atoms with Crippen LogP contribution in [-0.4, -0.2) is 30.2 Å². The Kier molecular flexibility index (Phi) is 5.90. The lowest BCUT2D eigenvalue weighted by molar-refractivity contribution is 0.242. The highest BCUT2D eigenvalue weighted by molar-refractivity contribution is 7.03. The molecule has 5 aliphatic rings. The quantitative estimate of drug-likeness (QED) is 0.148. The molecule has 3 aliphatic heterocycles. The maximum atomic E-state index is 6.73. The van der Waals surface area contributed by atoms with E-state index in [1.165, 1.54) is 50.6 Å². The topological polar surface area (TPSA) is 38.2 Å². The minimum atomic E-state index is -2.00. The van der Waals surface area contributed by atoms with E-state index < -0.39 is 8.07 Å². The molecule has 5 heteroatoms. The lowest BCUT2D eigenvalue weighted by atomic mass is 9.83. The molecule has 1 aromatic heterocycles. The van der Waals surface area contributed by atoms with Crippen LogP contribution in [0.4, 0.5) is 11.4 Å². The second-order valence-electron chi connectivity index (χ2n) is 14.3. The molecule has 0 bridgehead atoms. The molecular formula is C42H37N3OSi. The van der Waals surface area contributed by atoms with Crippen molar-refractivity contribution < 1.29 is 4.74 Å². The van der Waals surface area contributed by atoms with Crippen LogP contribution in [0.3, 0.4) is 0 Å². The van der Waals surface area contributed by atoms with E-state index in [2.05, 4.69) is 133 Å². The number of aromatic nitrogens is 2. The number of ether oxygens (including phenoxy) is 1. The molecule has 4 nitrogen and oxygen atoms in total. The van der Waals surface area contributed by atoms with Crippen LogP contribution in [-0.2, 0) is 0 Å². The Morgan fingerprint density at radius 3 is 2.43 bits per heavy atom. The molecule has 10 rings (SSSR count). The monoisotopic (exact) mass is 627 g/mol. The average Bonchev–Trinajstić information content (AvgIpc) is 3.74. The summed E-state index contributed by atoms with van der Waals surface area (Å²) in [4.78, 5) is 13.3. The fourth-order valence-electron chi connectivity index (χ4n) is 9.11. The Morgan fingerprint density at radius 2 is 1.55 bits per heavy atom. The van der Waals surface area contributed by atoms with Gasteiger partial charge in [0.15, 0.2) is 5.82 Å². The van der Waals surface area contributed by atoms with Gasteiger partial charge in [0.05, 0.1) is 5.69 Å². The van der Waals surface area contributed by atoms with Crippen molar-refractivity contribution in [3.05, 3.63) is 126 Å². The van der Waals surface area contributed by atoms with E-state index in [-0.39, 0.29) is 6.10 Å². The molecular weight excluding hydrogens is 591 g/mol. The predicted molar refractivity (Wildman–Crippen MR) is 194 cm³/mol. The molecule has 47 heavy (non-hydrogen) atoms. The number of allylic oxidation sites excluding steroid dienone is 2. The number of anilines is 2. The number of fused-ring (bicyclic) bond motifs is 10. The number of nitrogens with zero attached hydrogens (tertiary/aromatic N) is 3. The average molecular weight is 628 g/mol. The summed E-state index contributed by atoms with van der Waals surface area (Å²) in [6.45, 7) is 4.86. The van der Waals surface area contributed by atoms with Crippen molar-refractivity contribution in [2.45, 2.75) is 62.8 Å². The van der Waals surface area contributed by atoms with Gasteiger partial charge in [-0.25, -0.2) is 9.97 Å². The van der Waals surface area contributed by atoms with E-state index in [1.807, 2.05) is 0 Å². The summed E-state index contributed by atoms with van der Waals surface area (Å²) < 4.78 is 6.73. The Morgan fingerprint density at radius 1 is 0.766 bits per heavy atom. The SMILES string of the molecule is C[Si]1(C)c2ccccc2-c2c(-c3ccccc3)nc(-c3ccc(N4c5ccc6c(c5C5C=CCCC54)OC4C=CCCC64)cc3)nc21. The van der Waals surface area contributed by atoms with Gasteiger partial charge in [0.1, 0.15) is 19.9 Å². The summed E-state index contributed by atoms with van der Waals surface area (Å²) >= 11 is 0. The van der Waals surface area contributed by atoms with Crippen molar-refractivity contribution in [1.29, 1.82) is 0 Å².